The number of rotatable bonds is 6. The van der Waals surface area contributed by atoms with E-state index in [1.54, 1.807) is 11.1 Å². The molecule has 0 saturated heterocycles. The Bertz CT molecular complexity index is 3560. The van der Waals surface area contributed by atoms with Crippen molar-refractivity contribution < 1.29 is 4.42 Å². The number of hydrogen-bond acceptors (Lipinski definition) is 2. The van der Waals surface area contributed by atoms with Gasteiger partial charge in [-0.05, 0) is 164 Å². The fourth-order valence-electron chi connectivity index (χ4n) is 14.9. The minimum absolute atomic E-state index is 0.186. The van der Waals surface area contributed by atoms with Gasteiger partial charge in [-0.3, -0.25) is 0 Å². The number of para-hydroxylation sites is 2. The first-order valence-corrected chi connectivity index (χ1v) is 23.4. The molecule has 4 saturated carbocycles. The van der Waals surface area contributed by atoms with Crippen LogP contribution in [-0.2, 0) is 5.41 Å². The topological polar surface area (TPSA) is 16.4 Å². The predicted octanol–water partition coefficient (Wildman–Crippen LogP) is 16.5. The summed E-state index contributed by atoms with van der Waals surface area (Å²) in [6, 6.07) is 74.6. The number of hydrogen-bond donors (Lipinski definition) is 0. The van der Waals surface area contributed by atoms with E-state index in [2.05, 4.69) is 199 Å². The van der Waals surface area contributed by atoms with Gasteiger partial charge >= 0.3 is 0 Å². The second-order valence-electron chi connectivity index (χ2n) is 19.6. The SMILES string of the molecule is c1ccc(-c2cccc3cccc(-c4ccccc4N(c4ccc(-c5ccc6c(c5)C5(c7ccccc7-6)C6CC7CC8CC5C86C7)cc4)c4ccc5oc6ccccc6c5c4)c23)cc1. The summed E-state index contributed by atoms with van der Waals surface area (Å²) >= 11 is 0. The Morgan fingerprint density at radius 2 is 1.12 bits per heavy atom. The molecule has 0 aliphatic heterocycles. The van der Waals surface area contributed by atoms with Crippen LogP contribution in [0.25, 0.3) is 77.2 Å². The lowest BCUT2D eigenvalue weighted by Crippen LogP contribution is -2.73. The van der Waals surface area contributed by atoms with Gasteiger partial charge in [0.15, 0.2) is 0 Å². The molecule has 64 heavy (non-hydrogen) atoms. The van der Waals surface area contributed by atoms with Crippen LogP contribution in [0.3, 0.4) is 0 Å². The molecule has 0 N–H and O–H groups in total. The van der Waals surface area contributed by atoms with Gasteiger partial charge in [0, 0.05) is 33.1 Å². The number of fused-ring (bicyclic) bond motifs is 12. The van der Waals surface area contributed by atoms with E-state index >= 15 is 0 Å². The van der Waals surface area contributed by atoms with Crippen LogP contribution in [0.2, 0.25) is 0 Å². The molecule has 2 nitrogen and oxygen atoms in total. The fourth-order valence-corrected chi connectivity index (χ4v) is 14.9. The van der Waals surface area contributed by atoms with Crippen molar-refractivity contribution in [2.24, 2.45) is 29.1 Å². The molecule has 2 bridgehead atoms. The van der Waals surface area contributed by atoms with Crippen LogP contribution in [0.5, 0.6) is 0 Å². The number of benzene rings is 9. The Labute approximate surface area is 373 Å². The molecule has 0 amide bonds. The summed E-state index contributed by atoms with van der Waals surface area (Å²) in [4.78, 5) is 2.45. The van der Waals surface area contributed by atoms with Gasteiger partial charge in [0.1, 0.15) is 11.2 Å². The maximum atomic E-state index is 6.37. The summed E-state index contributed by atoms with van der Waals surface area (Å²) in [6.07, 6.45) is 5.83. The normalized spacial score (nSPS) is 24.1. The van der Waals surface area contributed by atoms with Gasteiger partial charge in [-0.25, -0.2) is 0 Å². The summed E-state index contributed by atoms with van der Waals surface area (Å²) in [6.45, 7) is 0. The molecule has 1 aromatic heterocycles. The van der Waals surface area contributed by atoms with Crippen molar-refractivity contribution in [3.8, 4) is 44.5 Å². The van der Waals surface area contributed by atoms with E-state index in [0.29, 0.717) is 5.41 Å². The minimum atomic E-state index is 0.186. The molecule has 9 aromatic carbocycles. The van der Waals surface area contributed by atoms with E-state index in [1.807, 2.05) is 6.07 Å². The molecular formula is C62H45NO. The Morgan fingerprint density at radius 3 is 2.00 bits per heavy atom. The lowest BCUT2D eigenvalue weighted by Gasteiger charge is -2.76. The minimum Gasteiger partial charge on any atom is -0.456 e. The van der Waals surface area contributed by atoms with E-state index in [1.165, 1.54) is 81.0 Å². The lowest BCUT2D eigenvalue weighted by molar-refractivity contribution is -0.231. The van der Waals surface area contributed by atoms with Crippen molar-refractivity contribution >= 4 is 49.8 Å². The van der Waals surface area contributed by atoms with Gasteiger partial charge in [0.25, 0.3) is 0 Å². The molecule has 0 radical (unpaired) electrons. The molecule has 5 aliphatic rings. The van der Waals surface area contributed by atoms with E-state index < -0.39 is 0 Å². The van der Waals surface area contributed by atoms with Crippen LogP contribution in [0.1, 0.15) is 36.8 Å². The highest BCUT2D eigenvalue weighted by Crippen LogP contribution is 2.89. The van der Waals surface area contributed by atoms with Crippen molar-refractivity contribution in [2.75, 3.05) is 4.90 Å². The summed E-state index contributed by atoms with van der Waals surface area (Å²) < 4.78 is 6.37. The summed E-state index contributed by atoms with van der Waals surface area (Å²) in [5.41, 5.74) is 19.6. The van der Waals surface area contributed by atoms with Gasteiger partial charge in [-0.1, -0.05) is 152 Å². The van der Waals surface area contributed by atoms with E-state index in [-0.39, 0.29) is 5.41 Å². The summed E-state index contributed by atoms with van der Waals surface area (Å²) in [5, 5.41) is 4.72. The quantitative estimate of drug-likeness (QED) is 0.166. The lowest BCUT2D eigenvalue weighted by atomic mass is 9.27. The maximum Gasteiger partial charge on any atom is 0.135 e. The molecule has 5 aliphatic carbocycles. The Kier molecular flexibility index (Phi) is 7.03. The van der Waals surface area contributed by atoms with Crippen molar-refractivity contribution in [1.82, 2.24) is 0 Å². The second kappa shape index (κ2) is 12.7. The Hall–Kier alpha value is -7.16. The maximum absolute atomic E-state index is 6.37. The Balaban J connectivity index is 0.889. The van der Waals surface area contributed by atoms with Crippen LogP contribution >= 0.6 is 0 Å². The number of anilines is 3. The highest BCUT2D eigenvalue weighted by molar-refractivity contribution is 6.10. The highest BCUT2D eigenvalue weighted by atomic mass is 16.3. The van der Waals surface area contributed by atoms with Gasteiger partial charge < -0.3 is 9.32 Å². The molecule has 2 spiro atoms. The summed E-state index contributed by atoms with van der Waals surface area (Å²) in [7, 11) is 0. The van der Waals surface area contributed by atoms with Crippen molar-refractivity contribution in [3.63, 3.8) is 0 Å². The zero-order valence-corrected chi connectivity index (χ0v) is 35.5. The standard InChI is InChI=1S/C62H45NO/c1-2-12-40(13-3-1)46-19-10-14-41-15-11-20-51(60(41)46)49-17-5-8-22-55(49)63(45-29-31-57-52(36-45)50-18-6-9-23-56(50)64-57)44-27-24-39(25-28-44)42-26-30-48-47-16-4-7-21-53(47)62(54(48)34-42)58-33-38-32-43-35-59(62)61(43,58)37-38/h1-31,34,36,38,43,58-59H,32-33,35,37H2. The number of furan rings is 1. The summed E-state index contributed by atoms with van der Waals surface area (Å²) in [5.74, 6) is 3.52. The van der Waals surface area contributed by atoms with Gasteiger partial charge in [-0.2, -0.15) is 0 Å². The molecule has 6 atom stereocenters. The van der Waals surface area contributed by atoms with Crippen LogP contribution in [0.15, 0.2) is 205 Å². The molecule has 15 rings (SSSR count). The number of nitrogens with zero attached hydrogens (tertiary/aromatic N) is 1. The third-order valence-electron chi connectivity index (χ3n) is 17.1. The van der Waals surface area contributed by atoms with Gasteiger partial charge in [0.2, 0.25) is 0 Å². The van der Waals surface area contributed by atoms with Crippen molar-refractivity contribution in [3.05, 3.63) is 211 Å². The molecular weight excluding hydrogens is 775 g/mol. The average Bonchev–Trinajstić information content (AvgIpc) is 4.09. The zero-order chi connectivity index (χ0) is 41.7. The fraction of sp³-hybridized carbons (Fsp3) is 0.161. The van der Waals surface area contributed by atoms with E-state index in [0.717, 1.165) is 62.7 Å². The zero-order valence-electron chi connectivity index (χ0n) is 35.5. The van der Waals surface area contributed by atoms with Crippen LogP contribution in [0, 0.1) is 29.1 Å². The van der Waals surface area contributed by atoms with Crippen molar-refractivity contribution in [2.45, 2.75) is 31.1 Å². The van der Waals surface area contributed by atoms with Crippen LogP contribution < -0.4 is 4.90 Å². The first-order valence-electron chi connectivity index (χ1n) is 23.4. The molecule has 304 valence electrons. The van der Waals surface area contributed by atoms with Crippen molar-refractivity contribution in [1.29, 1.82) is 0 Å². The second-order valence-corrected chi connectivity index (χ2v) is 19.6. The van der Waals surface area contributed by atoms with Crippen LogP contribution in [0.4, 0.5) is 17.1 Å². The Morgan fingerprint density at radius 1 is 0.438 bits per heavy atom. The molecule has 10 aromatic rings. The van der Waals surface area contributed by atoms with E-state index in [9.17, 15) is 0 Å². The predicted molar refractivity (Wildman–Crippen MR) is 263 cm³/mol. The van der Waals surface area contributed by atoms with Gasteiger partial charge in [0.05, 0.1) is 5.69 Å². The molecule has 1 heterocycles. The van der Waals surface area contributed by atoms with E-state index in [4.69, 9.17) is 4.42 Å². The molecule has 2 heteroatoms. The molecule has 4 fully saturated rings. The average molecular weight is 820 g/mol. The first-order chi connectivity index (χ1) is 31.7. The van der Waals surface area contributed by atoms with Crippen LogP contribution in [-0.4, -0.2) is 0 Å². The monoisotopic (exact) mass is 819 g/mol. The smallest absolute Gasteiger partial charge is 0.135 e. The molecule has 6 unspecified atom stereocenters. The van der Waals surface area contributed by atoms with Gasteiger partial charge in [-0.15, -0.1) is 0 Å². The first kappa shape index (κ1) is 35.3. The highest BCUT2D eigenvalue weighted by Gasteiger charge is 2.84. The third kappa shape index (κ3) is 4.46. The largest absolute Gasteiger partial charge is 0.456 e. The third-order valence-corrected chi connectivity index (χ3v) is 17.1.